The molecule has 0 spiro atoms. The number of nitrogens with zero attached hydrogens (tertiary/aromatic N) is 2. The van der Waals surface area contributed by atoms with E-state index in [2.05, 4.69) is 49.6 Å². The molecule has 1 aliphatic heterocycles. The molecular weight excluding hydrogens is 210 g/mol. The van der Waals surface area contributed by atoms with Crippen molar-refractivity contribution in [3.8, 4) is 0 Å². The van der Waals surface area contributed by atoms with Crippen LogP contribution in [0.1, 0.15) is 26.7 Å². The Morgan fingerprint density at radius 2 is 2.18 bits per heavy atom. The molecule has 17 heavy (non-hydrogen) atoms. The van der Waals surface area contributed by atoms with Crippen LogP contribution in [0, 0.1) is 0 Å². The second-order valence-electron chi connectivity index (χ2n) is 5.78. The summed E-state index contributed by atoms with van der Waals surface area (Å²) in [7, 11) is 4.37. The molecular formula is C14H29N3. The van der Waals surface area contributed by atoms with Crippen molar-refractivity contribution in [1.82, 2.24) is 15.1 Å². The number of hydrogen-bond acceptors (Lipinski definition) is 3. The monoisotopic (exact) mass is 239 g/mol. The minimum atomic E-state index is 0.544. The van der Waals surface area contributed by atoms with Crippen LogP contribution in [0.15, 0.2) is 12.2 Å². The first-order chi connectivity index (χ1) is 7.99. The van der Waals surface area contributed by atoms with E-state index in [1.165, 1.54) is 31.5 Å². The largest absolute Gasteiger partial charge is 0.311 e. The van der Waals surface area contributed by atoms with Crippen molar-refractivity contribution in [2.45, 2.75) is 38.8 Å². The van der Waals surface area contributed by atoms with Gasteiger partial charge in [0.25, 0.3) is 0 Å². The minimum absolute atomic E-state index is 0.544. The Labute approximate surface area is 107 Å². The van der Waals surface area contributed by atoms with Crippen LogP contribution in [0.4, 0.5) is 0 Å². The van der Waals surface area contributed by atoms with E-state index < -0.39 is 0 Å². The summed E-state index contributed by atoms with van der Waals surface area (Å²) < 4.78 is 0. The summed E-state index contributed by atoms with van der Waals surface area (Å²) >= 11 is 0. The van der Waals surface area contributed by atoms with Crippen LogP contribution in [0.2, 0.25) is 0 Å². The summed E-state index contributed by atoms with van der Waals surface area (Å²) in [6.07, 6.45) is 2.65. The molecule has 0 amide bonds. The quantitative estimate of drug-likeness (QED) is 0.710. The maximum atomic E-state index is 4.17. The van der Waals surface area contributed by atoms with E-state index in [4.69, 9.17) is 0 Å². The highest BCUT2D eigenvalue weighted by atomic mass is 15.2. The number of piperidine rings is 1. The maximum Gasteiger partial charge on any atom is 0.0217 e. The van der Waals surface area contributed by atoms with Gasteiger partial charge in [0, 0.05) is 31.7 Å². The van der Waals surface area contributed by atoms with Gasteiger partial charge in [0.05, 0.1) is 0 Å². The van der Waals surface area contributed by atoms with Crippen LogP contribution in [0.5, 0.6) is 0 Å². The Morgan fingerprint density at radius 3 is 2.76 bits per heavy atom. The van der Waals surface area contributed by atoms with Gasteiger partial charge in [0.1, 0.15) is 0 Å². The highest BCUT2D eigenvalue weighted by Crippen LogP contribution is 2.14. The summed E-state index contributed by atoms with van der Waals surface area (Å²) in [4.78, 5) is 4.89. The summed E-state index contributed by atoms with van der Waals surface area (Å²) in [6.45, 7) is 12.9. The fraction of sp³-hybridized carbons (Fsp3) is 0.857. The molecule has 0 aromatic carbocycles. The van der Waals surface area contributed by atoms with Crippen LogP contribution in [0.25, 0.3) is 0 Å². The highest BCUT2D eigenvalue weighted by molar-refractivity contribution is 5.01. The van der Waals surface area contributed by atoms with Gasteiger partial charge in [-0.3, -0.25) is 4.90 Å². The lowest BCUT2D eigenvalue weighted by Gasteiger charge is -2.36. The summed E-state index contributed by atoms with van der Waals surface area (Å²) in [5.74, 6) is 0. The molecule has 1 aliphatic rings. The van der Waals surface area contributed by atoms with Gasteiger partial charge in [0.2, 0.25) is 0 Å². The first-order valence-electron chi connectivity index (χ1n) is 6.78. The number of likely N-dealkylation sites (N-methyl/N-ethyl adjacent to an activating group) is 1. The zero-order valence-corrected chi connectivity index (χ0v) is 12.0. The first-order valence-corrected chi connectivity index (χ1v) is 6.78. The molecule has 0 aliphatic carbocycles. The topological polar surface area (TPSA) is 18.5 Å². The molecule has 1 fully saturated rings. The molecule has 0 radical (unpaired) electrons. The number of likely N-dealkylation sites (tertiary alicyclic amines) is 1. The number of hydrogen-bond donors (Lipinski definition) is 1. The SMILES string of the molecule is C=C(CNC(C)C)CN1CCCC(N(C)C)C1. The smallest absolute Gasteiger partial charge is 0.0217 e. The average molecular weight is 239 g/mol. The fourth-order valence-electron chi connectivity index (χ4n) is 2.32. The van der Waals surface area contributed by atoms with Crippen molar-refractivity contribution >= 4 is 0 Å². The van der Waals surface area contributed by atoms with E-state index in [1.807, 2.05) is 0 Å². The van der Waals surface area contributed by atoms with Gasteiger partial charge >= 0.3 is 0 Å². The lowest BCUT2D eigenvalue weighted by molar-refractivity contribution is 0.141. The Bertz CT molecular complexity index is 236. The molecule has 0 saturated carbocycles. The van der Waals surface area contributed by atoms with Gasteiger partial charge in [0.15, 0.2) is 0 Å². The fourth-order valence-corrected chi connectivity index (χ4v) is 2.32. The van der Waals surface area contributed by atoms with Crippen molar-refractivity contribution in [2.24, 2.45) is 0 Å². The third kappa shape index (κ3) is 5.66. The predicted octanol–water partition coefficient (Wildman–Crippen LogP) is 1.57. The van der Waals surface area contributed by atoms with Crippen molar-refractivity contribution < 1.29 is 0 Å². The van der Waals surface area contributed by atoms with Gasteiger partial charge in [-0.15, -0.1) is 0 Å². The first kappa shape index (κ1) is 14.7. The van der Waals surface area contributed by atoms with E-state index in [0.717, 1.165) is 19.1 Å². The van der Waals surface area contributed by atoms with Crippen molar-refractivity contribution in [1.29, 1.82) is 0 Å². The molecule has 0 bridgehead atoms. The molecule has 1 unspecified atom stereocenters. The Morgan fingerprint density at radius 1 is 1.47 bits per heavy atom. The van der Waals surface area contributed by atoms with Crippen LogP contribution in [0.3, 0.4) is 0 Å². The van der Waals surface area contributed by atoms with Gasteiger partial charge in [-0.1, -0.05) is 20.4 Å². The van der Waals surface area contributed by atoms with E-state index >= 15 is 0 Å². The Kier molecular flexibility index (Phi) is 6.17. The Hall–Kier alpha value is -0.380. The molecule has 1 N–H and O–H groups in total. The second-order valence-corrected chi connectivity index (χ2v) is 5.78. The zero-order valence-electron chi connectivity index (χ0n) is 12.0. The molecule has 1 rings (SSSR count). The highest BCUT2D eigenvalue weighted by Gasteiger charge is 2.21. The van der Waals surface area contributed by atoms with Crippen LogP contribution in [-0.4, -0.2) is 62.2 Å². The van der Waals surface area contributed by atoms with Crippen molar-refractivity contribution in [3.63, 3.8) is 0 Å². The summed E-state index contributed by atoms with van der Waals surface area (Å²) in [5, 5.41) is 3.43. The molecule has 1 atom stereocenters. The zero-order chi connectivity index (χ0) is 12.8. The van der Waals surface area contributed by atoms with E-state index in [9.17, 15) is 0 Å². The minimum Gasteiger partial charge on any atom is -0.311 e. The predicted molar refractivity (Wildman–Crippen MR) is 75.4 cm³/mol. The van der Waals surface area contributed by atoms with E-state index in [0.29, 0.717) is 6.04 Å². The third-order valence-corrected chi connectivity index (χ3v) is 3.42. The summed E-state index contributed by atoms with van der Waals surface area (Å²) in [6, 6.07) is 1.26. The van der Waals surface area contributed by atoms with E-state index in [-0.39, 0.29) is 0 Å². The molecule has 1 saturated heterocycles. The van der Waals surface area contributed by atoms with Crippen LogP contribution >= 0.6 is 0 Å². The number of rotatable bonds is 6. The number of nitrogens with one attached hydrogen (secondary N) is 1. The van der Waals surface area contributed by atoms with Crippen molar-refractivity contribution in [2.75, 3.05) is 40.3 Å². The molecule has 3 heteroatoms. The average Bonchev–Trinajstić information content (AvgIpc) is 2.26. The second kappa shape index (κ2) is 7.14. The molecule has 0 aromatic rings. The molecule has 100 valence electrons. The van der Waals surface area contributed by atoms with Gasteiger partial charge in [-0.2, -0.15) is 0 Å². The van der Waals surface area contributed by atoms with Crippen LogP contribution < -0.4 is 5.32 Å². The van der Waals surface area contributed by atoms with Crippen LogP contribution in [-0.2, 0) is 0 Å². The van der Waals surface area contributed by atoms with Gasteiger partial charge in [-0.25, -0.2) is 0 Å². The lowest BCUT2D eigenvalue weighted by atomic mass is 10.0. The van der Waals surface area contributed by atoms with Gasteiger partial charge < -0.3 is 10.2 Å². The maximum absolute atomic E-state index is 4.17. The van der Waals surface area contributed by atoms with E-state index in [1.54, 1.807) is 0 Å². The molecule has 0 aromatic heterocycles. The standard InChI is InChI=1S/C14H29N3/c1-12(2)15-9-13(3)10-17-8-6-7-14(11-17)16(4)5/h12,14-15H,3,6-11H2,1-2,4-5H3. The molecule has 3 nitrogen and oxygen atoms in total. The van der Waals surface area contributed by atoms with Gasteiger partial charge in [-0.05, 0) is 39.1 Å². The van der Waals surface area contributed by atoms with Crippen molar-refractivity contribution in [3.05, 3.63) is 12.2 Å². The summed E-state index contributed by atoms with van der Waals surface area (Å²) in [5.41, 5.74) is 1.30. The normalized spacial score (nSPS) is 22.4. The Balaban J connectivity index is 2.28. The molecule has 1 heterocycles. The third-order valence-electron chi connectivity index (χ3n) is 3.42. The lowest BCUT2D eigenvalue weighted by Crippen LogP contribution is -2.46.